The molecule has 2 amide bonds. The molecule has 0 spiro atoms. The van der Waals surface area contributed by atoms with Gasteiger partial charge in [0.1, 0.15) is 5.00 Å². The molecular weight excluding hydrogens is 360 g/mol. The normalized spacial score (nSPS) is 10.4. The average molecular weight is 378 g/mol. The van der Waals surface area contributed by atoms with Gasteiger partial charge >= 0.3 is 0 Å². The highest BCUT2D eigenvalue weighted by Crippen LogP contribution is 2.32. The number of hydrogen-bond acceptors (Lipinski definition) is 4. The summed E-state index contributed by atoms with van der Waals surface area (Å²) >= 11 is 1.31. The van der Waals surface area contributed by atoms with Gasteiger partial charge in [0.05, 0.1) is 5.56 Å². The Hall–Kier alpha value is -3.25. The summed E-state index contributed by atoms with van der Waals surface area (Å²) in [6.07, 6.45) is 0. The lowest BCUT2D eigenvalue weighted by Gasteiger charge is -2.06. The van der Waals surface area contributed by atoms with E-state index >= 15 is 0 Å². The average Bonchev–Trinajstić information content (AvgIpc) is 2.95. The smallest absolute Gasteiger partial charge is 0.256 e. The van der Waals surface area contributed by atoms with Crippen LogP contribution in [0.3, 0.4) is 0 Å². The highest BCUT2D eigenvalue weighted by molar-refractivity contribution is 7.16. The Labute approximate surface area is 160 Å². The Balaban J connectivity index is 1.80. The summed E-state index contributed by atoms with van der Waals surface area (Å²) in [4.78, 5) is 37.5. The quantitative estimate of drug-likeness (QED) is 0.659. The molecule has 3 aromatic rings. The van der Waals surface area contributed by atoms with Crippen LogP contribution in [0.5, 0.6) is 0 Å². The fourth-order valence-corrected chi connectivity index (χ4v) is 3.78. The van der Waals surface area contributed by atoms with Crippen molar-refractivity contribution in [2.75, 3.05) is 5.32 Å². The van der Waals surface area contributed by atoms with E-state index < -0.39 is 5.91 Å². The third kappa shape index (κ3) is 3.80. The first kappa shape index (κ1) is 18.5. The highest BCUT2D eigenvalue weighted by Gasteiger charge is 2.19. The Morgan fingerprint density at radius 3 is 2.00 bits per heavy atom. The summed E-state index contributed by atoms with van der Waals surface area (Å²) in [5, 5.41) is 3.18. The van der Waals surface area contributed by atoms with Crippen LogP contribution in [0.15, 0.2) is 54.6 Å². The minimum atomic E-state index is -0.573. The van der Waals surface area contributed by atoms with Gasteiger partial charge in [-0.25, -0.2) is 0 Å². The van der Waals surface area contributed by atoms with E-state index in [0.29, 0.717) is 27.3 Å². The van der Waals surface area contributed by atoms with Crippen LogP contribution in [0, 0.1) is 13.8 Å². The maximum Gasteiger partial charge on any atom is 0.256 e. The largest absolute Gasteiger partial charge is 0.365 e. The lowest BCUT2D eigenvalue weighted by atomic mass is 10.0. The van der Waals surface area contributed by atoms with Gasteiger partial charge in [-0.15, -0.1) is 11.3 Å². The van der Waals surface area contributed by atoms with Gasteiger partial charge in [-0.1, -0.05) is 42.5 Å². The molecule has 0 aliphatic carbocycles. The van der Waals surface area contributed by atoms with Gasteiger partial charge in [-0.2, -0.15) is 0 Å². The van der Waals surface area contributed by atoms with E-state index in [2.05, 4.69) is 5.32 Å². The molecule has 2 aromatic carbocycles. The predicted molar refractivity (Wildman–Crippen MR) is 107 cm³/mol. The summed E-state index contributed by atoms with van der Waals surface area (Å²) in [5.41, 5.74) is 8.01. The molecule has 0 atom stereocenters. The van der Waals surface area contributed by atoms with Crippen LogP contribution in [0.25, 0.3) is 0 Å². The maximum absolute atomic E-state index is 12.5. The van der Waals surface area contributed by atoms with Gasteiger partial charge in [0, 0.05) is 21.6 Å². The Kier molecular flexibility index (Phi) is 5.19. The lowest BCUT2D eigenvalue weighted by Crippen LogP contribution is -2.17. The standard InChI is InChI=1S/C21H18N2O3S/c1-12-13(2)27-21(17(12)19(22)25)23-20(26)16-10-8-15(9-11-16)18(24)14-6-4-3-5-7-14/h3-11H,1-2H3,(H2,22,25)(H,23,26). The van der Waals surface area contributed by atoms with E-state index in [1.807, 2.05) is 13.0 Å². The monoisotopic (exact) mass is 378 g/mol. The molecule has 27 heavy (non-hydrogen) atoms. The molecule has 0 unspecified atom stereocenters. The van der Waals surface area contributed by atoms with Gasteiger partial charge in [-0.05, 0) is 31.5 Å². The van der Waals surface area contributed by atoms with Gasteiger partial charge in [0.25, 0.3) is 11.8 Å². The Bertz CT molecular complexity index is 1020. The van der Waals surface area contributed by atoms with Crippen LogP contribution in [-0.2, 0) is 0 Å². The van der Waals surface area contributed by atoms with E-state index in [-0.39, 0.29) is 11.7 Å². The number of carbonyl (C=O) groups excluding carboxylic acids is 3. The second-order valence-electron chi connectivity index (χ2n) is 6.08. The van der Waals surface area contributed by atoms with Crippen molar-refractivity contribution in [3.63, 3.8) is 0 Å². The summed E-state index contributed by atoms with van der Waals surface area (Å²) in [6, 6.07) is 15.3. The molecule has 0 aliphatic rings. The maximum atomic E-state index is 12.5. The number of thiophene rings is 1. The molecule has 3 N–H and O–H groups in total. The molecule has 136 valence electrons. The van der Waals surface area contributed by atoms with Gasteiger partial charge in [-0.3, -0.25) is 14.4 Å². The number of nitrogens with two attached hydrogens (primary N) is 1. The molecule has 3 rings (SSSR count). The first-order valence-corrected chi connectivity index (χ1v) is 9.11. The number of rotatable bonds is 5. The molecular formula is C21H18N2O3S. The van der Waals surface area contributed by atoms with Crippen molar-refractivity contribution in [1.29, 1.82) is 0 Å². The number of amides is 2. The number of aryl methyl sites for hydroxylation is 1. The number of primary amides is 1. The van der Waals surface area contributed by atoms with Crippen molar-refractivity contribution in [3.05, 3.63) is 87.3 Å². The van der Waals surface area contributed by atoms with Crippen LogP contribution in [-0.4, -0.2) is 17.6 Å². The minimum Gasteiger partial charge on any atom is -0.365 e. The molecule has 6 heteroatoms. The van der Waals surface area contributed by atoms with Gasteiger partial charge < -0.3 is 11.1 Å². The fourth-order valence-electron chi connectivity index (χ4n) is 2.72. The van der Waals surface area contributed by atoms with Crippen LogP contribution in [0.2, 0.25) is 0 Å². The number of benzene rings is 2. The third-order valence-corrected chi connectivity index (χ3v) is 5.43. The predicted octanol–water partition coefficient (Wildman–Crippen LogP) is 3.95. The number of ketones is 1. The highest BCUT2D eigenvalue weighted by atomic mass is 32.1. The Morgan fingerprint density at radius 2 is 1.41 bits per heavy atom. The Morgan fingerprint density at radius 1 is 0.852 bits per heavy atom. The van der Waals surface area contributed by atoms with E-state index in [1.165, 1.54) is 11.3 Å². The topological polar surface area (TPSA) is 89.3 Å². The number of nitrogens with one attached hydrogen (secondary N) is 1. The van der Waals surface area contributed by atoms with Gasteiger partial charge in [0.2, 0.25) is 0 Å². The summed E-state index contributed by atoms with van der Waals surface area (Å²) in [6.45, 7) is 3.66. The molecule has 0 saturated heterocycles. The van der Waals surface area contributed by atoms with Crippen LogP contribution >= 0.6 is 11.3 Å². The van der Waals surface area contributed by atoms with E-state index in [9.17, 15) is 14.4 Å². The van der Waals surface area contributed by atoms with Crippen LogP contribution < -0.4 is 11.1 Å². The summed E-state index contributed by atoms with van der Waals surface area (Å²) in [5.74, 6) is -1.04. The second-order valence-corrected chi connectivity index (χ2v) is 7.30. The molecule has 1 heterocycles. The first-order chi connectivity index (χ1) is 12.9. The lowest BCUT2D eigenvalue weighted by molar-refractivity contribution is 0.0999. The summed E-state index contributed by atoms with van der Waals surface area (Å²) in [7, 11) is 0. The minimum absolute atomic E-state index is 0.108. The van der Waals surface area contributed by atoms with Crippen LogP contribution in [0.4, 0.5) is 5.00 Å². The zero-order valence-corrected chi connectivity index (χ0v) is 15.7. The number of hydrogen-bond donors (Lipinski definition) is 2. The van der Waals surface area contributed by atoms with E-state index in [4.69, 9.17) is 5.73 Å². The van der Waals surface area contributed by atoms with Gasteiger partial charge in [0.15, 0.2) is 5.78 Å². The van der Waals surface area contributed by atoms with Crippen molar-refractivity contribution in [3.8, 4) is 0 Å². The first-order valence-electron chi connectivity index (χ1n) is 8.29. The molecule has 1 aromatic heterocycles. The molecule has 5 nitrogen and oxygen atoms in total. The zero-order chi connectivity index (χ0) is 19.6. The zero-order valence-electron chi connectivity index (χ0n) is 14.9. The number of carbonyl (C=O) groups is 3. The SMILES string of the molecule is Cc1sc(NC(=O)c2ccc(C(=O)c3ccccc3)cc2)c(C(N)=O)c1C. The second kappa shape index (κ2) is 7.55. The van der Waals surface area contributed by atoms with Crippen molar-refractivity contribution >= 4 is 33.9 Å². The van der Waals surface area contributed by atoms with Crippen molar-refractivity contribution in [2.45, 2.75) is 13.8 Å². The molecule has 0 bridgehead atoms. The van der Waals surface area contributed by atoms with Crippen molar-refractivity contribution in [2.24, 2.45) is 5.73 Å². The molecule has 0 fully saturated rings. The third-order valence-electron chi connectivity index (χ3n) is 4.30. The van der Waals surface area contributed by atoms with E-state index in [0.717, 1.165) is 10.4 Å². The van der Waals surface area contributed by atoms with Crippen molar-refractivity contribution in [1.82, 2.24) is 0 Å². The molecule has 0 radical (unpaired) electrons. The number of anilines is 1. The van der Waals surface area contributed by atoms with Crippen molar-refractivity contribution < 1.29 is 14.4 Å². The van der Waals surface area contributed by atoms with Crippen LogP contribution in [0.1, 0.15) is 47.1 Å². The van der Waals surface area contributed by atoms with E-state index in [1.54, 1.807) is 55.5 Å². The fraction of sp³-hybridized carbons (Fsp3) is 0.0952. The molecule has 0 aliphatic heterocycles. The summed E-state index contributed by atoms with van der Waals surface area (Å²) < 4.78 is 0. The molecule has 0 saturated carbocycles.